The molecule has 0 amide bonds. The summed E-state index contributed by atoms with van der Waals surface area (Å²) >= 11 is 7.70. The second-order valence-electron chi connectivity index (χ2n) is 5.56. The molecule has 3 aromatic rings. The van der Waals surface area contributed by atoms with Crippen LogP contribution < -0.4 is 15.9 Å². The van der Waals surface area contributed by atoms with Crippen molar-refractivity contribution in [1.82, 2.24) is 0 Å². The van der Waals surface area contributed by atoms with Gasteiger partial charge < -0.3 is 0 Å². The second kappa shape index (κ2) is 6.66. The Morgan fingerprint density at radius 2 is 1.00 bits per heavy atom. The van der Waals surface area contributed by atoms with Crippen LogP contribution in [0.4, 0.5) is 0 Å². The number of halogens is 1. The van der Waals surface area contributed by atoms with E-state index in [-0.39, 0.29) is 0 Å². The Bertz CT molecular complexity index is 778. The van der Waals surface area contributed by atoms with Crippen LogP contribution in [0.2, 0.25) is 0 Å². The number of allylic oxidation sites excluding steroid dienone is 1. The van der Waals surface area contributed by atoms with E-state index in [0.717, 1.165) is 15.9 Å². The van der Waals surface area contributed by atoms with Gasteiger partial charge in [0.2, 0.25) is 0 Å². The average molecular weight is 349 g/mol. The molecule has 24 heavy (non-hydrogen) atoms. The third kappa shape index (κ3) is 2.57. The summed E-state index contributed by atoms with van der Waals surface area (Å²) in [7, 11) is 0. The van der Waals surface area contributed by atoms with Crippen molar-refractivity contribution >= 4 is 33.1 Å². The molecule has 0 saturated carbocycles. The van der Waals surface area contributed by atoms with Gasteiger partial charge in [0.05, 0.1) is 0 Å². The first-order chi connectivity index (χ1) is 11.7. The van der Waals surface area contributed by atoms with Crippen LogP contribution in [0.5, 0.6) is 0 Å². The van der Waals surface area contributed by atoms with Crippen LogP contribution in [-0.4, -0.2) is 0 Å². The van der Waals surface area contributed by atoms with Crippen molar-refractivity contribution < 1.29 is 0 Å². The standard InChI is InChI=1S/C22H18ClP/c1-2-3-19-24(23,20-13-7-4-8-14-20,21-15-9-5-10-16-21)22-17-11-6-12-18-22/h1,3-19H. The number of terminal acetylenes is 1. The van der Waals surface area contributed by atoms with Gasteiger partial charge >= 0.3 is 148 Å². The molecular weight excluding hydrogens is 331 g/mol. The zero-order chi connectivity index (χ0) is 16.9. The SMILES string of the molecule is C#CC=CP(Cl)(c1ccccc1)(c1ccccc1)c1ccccc1. The van der Waals surface area contributed by atoms with Gasteiger partial charge in [0.15, 0.2) is 0 Å². The van der Waals surface area contributed by atoms with Gasteiger partial charge in [-0.25, -0.2) is 0 Å². The molecule has 0 radical (unpaired) electrons. The van der Waals surface area contributed by atoms with Crippen LogP contribution in [0, 0.1) is 12.3 Å². The van der Waals surface area contributed by atoms with E-state index in [9.17, 15) is 0 Å². The summed E-state index contributed by atoms with van der Waals surface area (Å²) < 4.78 is 0. The van der Waals surface area contributed by atoms with Crippen molar-refractivity contribution in [1.29, 1.82) is 0 Å². The number of hydrogen-bond donors (Lipinski definition) is 0. The Morgan fingerprint density at radius 1 is 0.667 bits per heavy atom. The Hall–Kier alpha value is -2.32. The van der Waals surface area contributed by atoms with Crippen molar-refractivity contribution in [2.45, 2.75) is 0 Å². The summed E-state index contributed by atoms with van der Waals surface area (Å²) in [6, 6.07) is 30.7. The molecule has 0 aliphatic heterocycles. The molecule has 0 aliphatic carbocycles. The monoisotopic (exact) mass is 348 g/mol. The molecule has 3 aromatic carbocycles. The Kier molecular flexibility index (Phi) is 4.59. The van der Waals surface area contributed by atoms with Gasteiger partial charge in [-0.05, 0) is 0 Å². The van der Waals surface area contributed by atoms with Gasteiger partial charge in [-0.15, -0.1) is 0 Å². The Labute approximate surface area is 148 Å². The number of rotatable bonds is 4. The molecule has 0 aromatic heterocycles. The van der Waals surface area contributed by atoms with Crippen LogP contribution in [0.3, 0.4) is 0 Å². The average Bonchev–Trinajstić information content (AvgIpc) is 2.68. The molecular formula is C22H18ClP. The minimum atomic E-state index is -3.30. The fraction of sp³-hybridized carbons (Fsp3) is 0. The second-order valence-corrected chi connectivity index (χ2v) is 11.7. The van der Waals surface area contributed by atoms with Gasteiger partial charge in [-0.3, -0.25) is 0 Å². The predicted octanol–water partition coefficient (Wildman–Crippen LogP) is 4.82. The minimum absolute atomic E-state index is 1.08. The summed E-state index contributed by atoms with van der Waals surface area (Å²) in [6.07, 6.45) is 7.29. The summed E-state index contributed by atoms with van der Waals surface area (Å²) in [5, 5.41) is 3.23. The van der Waals surface area contributed by atoms with E-state index in [2.05, 4.69) is 42.3 Å². The molecule has 0 aliphatic rings. The van der Waals surface area contributed by atoms with E-state index >= 15 is 0 Å². The maximum absolute atomic E-state index is 7.70. The van der Waals surface area contributed by atoms with Crippen molar-refractivity contribution in [3.8, 4) is 12.3 Å². The quantitative estimate of drug-likeness (QED) is 0.468. The molecule has 0 unspecified atom stereocenters. The number of benzene rings is 3. The molecule has 118 valence electrons. The zero-order valence-corrected chi connectivity index (χ0v) is 14.9. The predicted molar refractivity (Wildman–Crippen MR) is 109 cm³/mol. The van der Waals surface area contributed by atoms with Crippen molar-refractivity contribution in [3.63, 3.8) is 0 Å². The number of hydrogen-bond acceptors (Lipinski definition) is 0. The van der Waals surface area contributed by atoms with E-state index in [1.165, 1.54) is 0 Å². The van der Waals surface area contributed by atoms with E-state index in [1.54, 1.807) is 6.08 Å². The molecule has 0 saturated heterocycles. The van der Waals surface area contributed by atoms with Gasteiger partial charge in [-0.2, -0.15) is 0 Å². The van der Waals surface area contributed by atoms with Crippen LogP contribution >= 0.6 is 17.2 Å². The molecule has 2 heteroatoms. The molecule has 0 heterocycles. The third-order valence-electron chi connectivity index (χ3n) is 4.23. The van der Waals surface area contributed by atoms with Gasteiger partial charge in [0.25, 0.3) is 0 Å². The molecule has 0 fully saturated rings. The first-order valence-corrected chi connectivity index (χ1v) is 11.0. The topological polar surface area (TPSA) is 0 Å². The van der Waals surface area contributed by atoms with Crippen LogP contribution in [0.25, 0.3) is 0 Å². The van der Waals surface area contributed by atoms with Crippen LogP contribution in [0.15, 0.2) is 103 Å². The van der Waals surface area contributed by atoms with Gasteiger partial charge in [0, 0.05) is 0 Å². The van der Waals surface area contributed by atoms with Crippen molar-refractivity contribution in [3.05, 3.63) is 103 Å². The Balaban J connectivity index is 2.48. The first kappa shape index (κ1) is 16.5. The van der Waals surface area contributed by atoms with E-state index in [1.807, 2.05) is 60.4 Å². The first-order valence-electron chi connectivity index (χ1n) is 7.74. The van der Waals surface area contributed by atoms with Gasteiger partial charge in [0.1, 0.15) is 0 Å². The zero-order valence-electron chi connectivity index (χ0n) is 13.2. The van der Waals surface area contributed by atoms with E-state index in [0.29, 0.717) is 0 Å². The normalized spacial score (nSPS) is 13.1. The molecule has 3 rings (SSSR count). The summed E-state index contributed by atoms with van der Waals surface area (Å²) in [5.74, 6) is 1.36. The van der Waals surface area contributed by atoms with Crippen molar-refractivity contribution in [2.24, 2.45) is 0 Å². The van der Waals surface area contributed by atoms with Crippen LogP contribution in [-0.2, 0) is 0 Å². The molecule has 0 spiro atoms. The summed E-state index contributed by atoms with van der Waals surface area (Å²) in [4.78, 5) is 0. The molecule has 0 N–H and O–H groups in total. The Morgan fingerprint density at radius 3 is 1.29 bits per heavy atom. The van der Waals surface area contributed by atoms with Crippen molar-refractivity contribution in [2.75, 3.05) is 0 Å². The van der Waals surface area contributed by atoms with Gasteiger partial charge in [-0.1, -0.05) is 0 Å². The summed E-state index contributed by atoms with van der Waals surface area (Å²) in [5.41, 5.74) is 0. The maximum atomic E-state index is 7.70. The molecule has 0 bridgehead atoms. The molecule has 0 atom stereocenters. The molecule has 0 nitrogen and oxygen atoms in total. The fourth-order valence-corrected chi connectivity index (χ4v) is 8.27. The van der Waals surface area contributed by atoms with Crippen LogP contribution in [0.1, 0.15) is 0 Å². The summed E-state index contributed by atoms with van der Waals surface area (Å²) in [6.45, 7) is 0. The van der Waals surface area contributed by atoms with E-state index < -0.39 is 5.96 Å². The fourth-order valence-electron chi connectivity index (χ4n) is 3.05. The van der Waals surface area contributed by atoms with E-state index in [4.69, 9.17) is 17.7 Å². The third-order valence-corrected chi connectivity index (χ3v) is 11.0.